The Morgan fingerprint density at radius 3 is 2.68 bits per heavy atom. The number of rotatable bonds is 2. The van der Waals surface area contributed by atoms with E-state index < -0.39 is 18.2 Å². The molecular formula is C16H15ClN2O3. The second-order valence-electron chi connectivity index (χ2n) is 5.28. The molecule has 2 unspecified atom stereocenters. The van der Waals surface area contributed by atoms with E-state index in [1.54, 1.807) is 24.3 Å². The molecule has 3 rings (SSSR count). The van der Waals surface area contributed by atoms with Gasteiger partial charge in [0.15, 0.2) is 0 Å². The lowest BCUT2D eigenvalue weighted by Crippen LogP contribution is -2.47. The molecule has 2 N–H and O–H groups in total. The van der Waals surface area contributed by atoms with Crippen molar-refractivity contribution in [2.24, 2.45) is 0 Å². The predicted molar refractivity (Wildman–Crippen MR) is 81.7 cm³/mol. The van der Waals surface area contributed by atoms with Gasteiger partial charge in [-0.2, -0.15) is 0 Å². The predicted octanol–water partition coefficient (Wildman–Crippen LogP) is 2.87. The lowest BCUT2D eigenvalue weighted by Gasteiger charge is -2.37. The Labute approximate surface area is 132 Å². The van der Waals surface area contributed by atoms with Crippen LogP contribution in [0.3, 0.4) is 0 Å². The number of benzene rings is 1. The van der Waals surface area contributed by atoms with E-state index in [1.165, 1.54) is 4.90 Å². The van der Waals surface area contributed by atoms with Crippen LogP contribution < -0.4 is 0 Å². The molecule has 5 nitrogen and oxygen atoms in total. The Morgan fingerprint density at radius 2 is 2.00 bits per heavy atom. The fraction of sp³-hybridized carbons (Fsp3) is 0.250. The number of hydrogen-bond acceptors (Lipinski definition) is 3. The minimum Gasteiger partial charge on any atom is -0.465 e. The number of aliphatic hydroxyl groups is 1. The molecule has 2 atom stereocenters. The van der Waals surface area contributed by atoms with Gasteiger partial charge in [-0.1, -0.05) is 48.0 Å². The van der Waals surface area contributed by atoms with E-state index in [2.05, 4.69) is 4.98 Å². The fourth-order valence-corrected chi connectivity index (χ4v) is 2.96. The highest BCUT2D eigenvalue weighted by Crippen LogP contribution is 2.31. The lowest BCUT2D eigenvalue weighted by molar-refractivity contribution is 0.0372. The number of nitrogens with zero attached hydrogens (tertiary/aromatic N) is 2. The molecule has 0 fully saturated rings. The van der Waals surface area contributed by atoms with E-state index in [0.717, 1.165) is 11.3 Å². The third-order valence-corrected chi connectivity index (χ3v) is 4.14. The van der Waals surface area contributed by atoms with E-state index in [9.17, 15) is 15.0 Å². The van der Waals surface area contributed by atoms with E-state index in [1.807, 2.05) is 18.2 Å². The largest absolute Gasteiger partial charge is 0.465 e. The maximum Gasteiger partial charge on any atom is 0.407 e. The summed E-state index contributed by atoms with van der Waals surface area (Å²) in [6.45, 7) is 0.198. The van der Waals surface area contributed by atoms with Crippen molar-refractivity contribution < 1.29 is 15.0 Å². The number of halogens is 1. The number of amides is 1. The van der Waals surface area contributed by atoms with E-state index in [-0.39, 0.29) is 6.54 Å². The van der Waals surface area contributed by atoms with Crippen molar-refractivity contribution in [2.45, 2.75) is 25.1 Å². The molecule has 22 heavy (non-hydrogen) atoms. The van der Waals surface area contributed by atoms with Crippen LogP contribution in [0.5, 0.6) is 0 Å². The zero-order valence-corrected chi connectivity index (χ0v) is 12.4. The van der Waals surface area contributed by atoms with Crippen molar-refractivity contribution >= 4 is 17.7 Å². The normalized spacial score (nSPS) is 18.6. The molecule has 0 aliphatic carbocycles. The van der Waals surface area contributed by atoms with Gasteiger partial charge in [0.2, 0.25) is 0 Å². The zero-order valence-electron chi connectivity index (χ0n) is 11.7. The van der Waals surface area contributed by atoms with Gasteiger partial charge in [-0.25, -0.2) is 9.78 Å². The van der Waals surface area contributed by atoms with E-state index in [4.69, 9.17) is 11.6 Å². The number of fused-ring (bicyclic) bond motifs is 1. The molecule has 0 saturated heterocycles. The Hall–Kier alpha value is -2.11. The van der Waals surface area contributed by atoms with Gasteiger partial charge in [-0.05, 0) is 17.2 Å². The van der Waals surface area contributed by atoms with Crippen LogP contribution >= 0.6 is 11.6 Å². The maximum absolute atomic E-state index is 11.5. The van der Waals surface area contributed by atoms with Crippen LogP contribution in [-0.4, -0.2) is 32.2 Å². The van der Waals surface area contributed by atoms with Gasteiger partial charge in [-0.15, -0.1) is 0 Å². The highest BCUT2D eigenvalue weighted by molar-refractivity contribution is 6.29. The van der Waals surface area contributed by atoms with Crippen LogP contribution in [0.15, 0.2) is 42.5 Å². The van der Waals surface area contributed by atoms with Gasteiger partial charge in [-0.3, -0.25) is 4.90 Å². The van der Waals surface area contributed by atoms with Crippen molar-refractivity contribution in [1.29, 1.82) is 0 Å². The van der Waals surface area contributed by atoms with Crippen LogP contribution in [-0.2, 0) is 13.0 Å². The van der Waals surface area contributed by atoms with Crippen molar-refractivity contribution in [2.75, 3.05) is 0 Å². The number of aromatic nitrogens is 1. The molecule has 0 saturated carbocycles. The smallest absolute Gasteiger partial charge is 0.407 e. The molecule has 0 spiro atoms. The average Bonchev–Trinajstić information content (AvgIpc) is 2.53. The standard InChI is InChI=1S/C16H15ClN2O3/c17-14-7-6-11-9-19(16(21)22)13(8-12(11)18-14)15(20)10-4-2-1-3-5-10/h1-7,13,15,20H,8-9H2,(H,21,22). The Morgan fingerprint density at radius 1 is 1.27 bits per heavy atom. The first-order valence-corrected chi connectivity index (χ1v) is 7.31. The number of aliphatic hydroxyl groups excluding tert-OH is 1. The SMILES string of the molecule is O=C(O)N1Cc2ccc(Cl)nc2CC1C(O)c1ccccc1. The molecule has 1 aliphatic rings. The third-order valence-electron chi connectivity index (χ3n) is 3.93. The van der Waals surface area contributed by atoms with Crippen LogP contribution in [0.1, 0.15) is 22.9 Å². The molecule has 1 amide bonds. The summed E-state index contributed by atoms with van der Waals surface area (Å²) in [6, 6.07) is 11.9. The molecule has 2 aromatic rings. The van der Waals surface area contributed by atoms with Crippen molar-refractivity contribution in [3.63, 3.8) is 0 Å². The average molecular weight is 319 g/mol. The minimum absolute atomic E-state index is 0.198. The second-order valence-corrected chi connectivity index (χ2v) is 5.66. The Balaban J connectivity index is 1.96. The number of hydrogen-bond donors (Lipinski definition) is 2. The summed E-state index contributed by atoms with van der Waals surface area (Å²) in [7, 11) is 0. The number of pyridine rings is 1. The van der Waals surface area contributed by atoms with Gasteiger partial charge >= 0.3 is 6.09 Å². The van der Waals surface area contributed by atoms with Gasteiger partial charge in [0.25, 0.3) is 0 Å². The first-order valence-electron chi connectivity index (χ1n) is 6.93. The van der Waals surface area contributed by atoms with Crippen LogP contribution in [0.2, 0.25) is 5.15 Å². The van der Waals surface area contributed by atoms with Gasteiger partial charge in [0, 0.05) is 12.1 Å². The summed E-state index contributed by atoms with van der Waals surface area (Å²) in [6.07, 6.45) is -1.63. The van der Waals surface area contributed by atoms with E-state index in [0.29, 0.717) is 17.1 Å². The number of carbonyl (C=O) groups is 1. The Kier molecular flexibility index (Phi) is 4.00. The van der Waals surface area contributed by atoms with Crippen LogP contribution in [0.4, 0.5) is 4.79 Å². The maximum atomic E-state index is 11.5. The summed E-state index contributed by atoms with van der Waals surface area (Å²) < 4.78 is 0. The second kappa shape index (κ2) is 5.94. The quantitative estimate of drug-likeness (QED) is 0.835. The van der Waals surface area contributed by atoms with Crippen molar-refractivity contribution in [3.8, 4) is 0 Å². The van der Waals surface area contributed by atoms with Crippen molar-refractivity contribution in [3.05, 3.63) is 64.4 Å². The van der Waals surface area contributed by atoms with Crippen LogP contribution in [0.25, 0.3) is 0 Å². The van der Waals surface area contributed by atoms with Gasteiger partial charge in [0.05, 0.1) is 18.7 Å². The summed E-state index contributed by atoms with van der Waals surface area (Å²) in [5, 5.41) is 20.4. The topological polar surface area (TPSA) is 73.7 Å². The molecule has 0 radical (unpaired) electrons. The molecule has 114 valence electrons. The highest BCUT2D eigenvalue weighted by Gasteiger charge is 2.35. The molecule has 1 aliphatic heterocycles. The molecule has 1 aromatic carbocycles. The summed E-state index contributed by atoms with van der Waals surface area (Å²) in [4.78, 5) is 17.1. The third kappa shape index (κ3) is 2.77. The Bertz CT molecular complexity index is 693. The highest BCUT2D eigenvalue weighted by atomic mass is 35.5. The van der Waals surface area contributed by atoms with E-state index >= 15 is 0 Å². The number of carboxylic acid groups (broad SMARTS) is 1. The monoisotopic (exact) mass is 318 g/mol. The minimum atomic E-state index is -1.06. The zero-order chi connectivity index (χ0) is 15.7. The molecule has 6 heteroatoms. The lowest BCUT2D eigenvalue weighted by atomic mass is 9.91. The molecule has 2 heterocycles. The fourth-order valence-electron chi connectivity index (χ4n) is 2.80. The summed E-state index contributed by atoms with van der Waals surface area (Å²) >= 11 is 5.92. The molecule has 0 bridgehead atoms. The first kappa shape index (κ1) is 14.8. The van der Waals surface area contributed by atoms with Crippen LogP contribution in [0, 0.1) is 0 Å². The van der Waals surface area contributed by atoms with Gasteiger partial charge in [0.1, 0.15) is 5.15 Å². The molecular weight excluding hydrogens is 304 g/mol. The summed E-state index contributed by atoms with van der Waals surface area (Å²) in [5.41, 5.74) is 2.25. The van der Waals surface area contributed by atoms with Crippen molar-refractivity contribution in [1.82, 2.24) is 9.88 Å². The molecule has 1 aromatic heterocycles. The first-order chi connectivity index (χ1) is 10.6. The van der Waals surface area contributed by atoms with Gasteiger partial charge < -0.3 is 10.2 Å². The summed E-state index contributed by atoms with van der Waals surface area (Å²) in [5.74, 6) is 0.